The Bertz CT molecular complexity index is 1290. The second-order valence-corrected chi connectivity index (χ2v) is 10.2. The van der Waals surface area contributed by atoms with E-state index in [9.17, 15) is 4.79 Å². The number of ether oxygens (including phenoxy) is 1. The molecule has 0 radical (unpaired) electrons. The Morgan fingerprint density at radius 2 is 1.84 bits per heavy atom. The second kappa shape index (κ2) is 10.7. The maximum Gasteiger partial charge on any atom is 0.265 e. The molecule has 1 amide bonds. The van der Waals surface area contributed by atoms with E-state index in [1.807, 2.05) is 18.0 Å². The molecule has 3 heterocycles. The summed E-state index contributed by atoms with van der Waals surface area (Å²) in [7, 11) is 5.98. The molecule has 37 heavy (non-hydrogen) atoms. The van der Waals surface area contributed by atoms with Crippen molar-refractivity contribution < 1.29 is 9.53 Å². The number of carbonyl (C=O) groups excluding carboxylic acids is 1. The molecule has 2 aliphatic heterocycles. The number of morpholine rings is 1. The number of hydrogen-bond acceptors (Lipinski definition) is 8. The van der Waals surface area contributed by atoms with Gasteiger partial charge in [-0.05, 0) is 50.0 Å². The third kappa shape index (κ3) is 5.31. The summed E-state index contributed by atoms with van der Waals surface area (Å²) >= 11 is 12.7. The maximum atomic E-state index is 13.3. The van der Waals surface area contributed by atoms with Crippen LogP contribution in [-0.2, 0) is 11.3 Å². The van der Waals surface area contributed by atoms with Gasteiger partial charge >= 0.3 is 0 Å². The number of halogens is 2. The molecule has 0 aliphatic carbocycles. The SMILES string of the molecule is CN(C)Cc1cc(Nc2ncc3c(n2)N(C)CN(c2c(Cl)cccc2Cl)C3=O)ccc1N1CCOCC1. The van der Waals surface area contributed by atoms with Crippen LogP contribution in [0.2, 0.25) is 10.0 Å². The molecule has 11 heteroatoms. The average Bonchev–Trinajstić information content (AvgIpc) is 2.87. The zero-order chi connectivity index (χ0) is 26.1. The van der Waals surface area contributed by atoms with E-state index >= 15 is 0 Å². The predicted molar refractivity (Wildman–Crippen MR) is 149 cm³/mol. The number of amides is 1. The van der Waals surface area contributed by atoms with Crippen LogP contribution < -0.4 is 20.0 Å². The molecule has 0 unspecified atom stereocenters. The van der Waals surface area contributed by atoms with Crippen LogP contribution in [0.5, 0.6) is 0 Å². The molecule has 2 aromatic carbocycles. The Morgan fingerprint density at radius 3 is 2.54 bits per heavy atom. The molecule has 1 aromatic heterocycles. The molecule has 194 valence electrons. The van der Waals surface area contributed by atoms with Crippen LogP contribution in [0.3, 0.4) is 0 Å². The summed E-state index contributed by atoms with van der Waals surface area (Å²) in [6.45, 7) is 4.27. The molecule has 0 atom stereocenters. The van der Waals surface area contributed by atoms with Crippen molar-refractivity contribution in [2.45, 2.75) is 6.54 Å². The van der Waals surface area contributed by atoms with Gasteiger partial charge in [0, 0.05) is 44.3 Å². The van der Waals surface area contributed by atoms with Crippen LogP contribution in [0.1, 0.15) is 15.9 Å². The zero-order valence-corrected chi connectivity index (χ0v) is 22.6. The molecule has 1 fully saturated rings. The smallest absolute Gasteiger partial charge is 0.265 e. The highest BCUT2D eigenvalue weighted by atomic mass is 35.5. The molecule has 0 spiro atoms. The highest BCUT2D eigenvalue weighted by Crippen LogP contribution is 2.37. The lowest BCUT2D eigenvalue weighted by Crippen LogP contribution is -2.46. The zero-order valence-electron chi connectivity index (χ0n) is 21.0. The number of para-hydroxylation sites is 1. The van der Waals surface area contributed by atoms with Gasteiger partial charge in [-0.2, -0.15) is 4.98 Å². The summed E-state index contributed by atoms with van der Waals surface area (Å²) in [6.07, 6.45) is 1.54. The summed E-state index contributed by atoms with van der Waals surface area (Å²) in [5.74, 6) is 0.704. The van der Waals surface area contributed by atoms with Crippen molar-refractivity contribution in [3.05, 3.63) is 63.8 Å². The van der Waals surface area contributed by atoms with Gasteiger partial charge in [0.15, 0.2) is 0 Å². The van der Waals surface area contributed by atoms with Gasteiger partial charge in [0.1, 0.15) is 11.4 Å². The van der Waals surface area contributed by atoms with Crippen molar-refractivity contribution in [2.24, 2.45) is 0 Å². The Morgan fingerprint density at radius 1 is 1.11 bits per heavy atom. The number of fused-ring (bicyclic) bond motifs is 1. The van der Waals surface area contributed by atoms with Gasteiger partial charge in [-0.1, -0.05) is 29.3 Å². The molecule has 0 saturated carbocycles. The van der Waals surface area contributed by atoms with Crippen LogP contribution in [0, 0.1) is 0 Å². The van der Waals surface area contributed by atoms with Crippen LogP contribution in [0.15, 0.2) is 42.6 Å². The predicted octanol–water partition coefficient (Wildman–Crippen LogP) is 4.48. The lowest BCUT2D eigenvalue weighted by atomic mass is 10.1. The Kier molecular flexibility index (Phi) is 7.39. The van der Waals surface area contributed by atoms with E-state index in [4.69, 9.17) is 27.9 Å². The number of aromatic nitrogens is 2. The fourth-order valence-corrected chi connectivity index (χ4v) is 5.26. The van der Waals surface area contributed by atoms with Gasteiger partial charge in [0.25, 0.3) is 5.91 Å². The molecular weight excluding hydrogens is 513 g/mol. The third-order valence-corrected chi connectivity index (χ3v) is 6.95. The monoisotopic (exact) mass is 541 g/mol. The first-order chi connectivity index (χ1) is 17.8. The average molecular weight is 542 g/mol. The van der Waals surface area contributed by atoms with E-state index in [1.54, 1.807) is 29.3 Å². The van der Waals surface area contributed by atoms with E-state index in [0.717, 1.165) is 38.5 Å². The fraction of sp³-hybridized carbons (Fsp3) is 0.346. The molecule has 2 aliphatic rings. The van der Waals surface area contributed by atoms with Crippen LogP contribution >= 0.6 is 23.2 Å². The van der Waals surface area contributed by atoms with E-state index in [2.05, 4.69) is 51.3 Å². The fourth-order valence-electron chi connectivity index (χ4n) is 4.66. The van der Waals surface area contributed by atoms with E-state index in [-0.39, 0.29) is 12.6 Å². The van der Waals surface area contributed by atoms with Crippen molar-refractivity contribution in [3.8, 4) is 0 Å². The van der Waals surface area contributed by atoms with Crippen molar-refractivity contribution in [2.75, 3.05) is 74.1 Å². The molecule has 9 nitrogen and oxygen atoms in total. The third-order valence-electron chi connectivity index (χ3n) is 6.34. The standard InChI is InChI=1S/C26H29Cl2N7O2/c1-32(2)15-17-13-18(7-8-22(17)34-9-11-37-12-10-34)30-26-29-14-19-24(31-26)33(3)16-35(25(19)36)23-20(27)5-4-6-21(23)28/h4-8,13-14H,9-12,15-16H2,1-3H3,(H,29,30,31). The molecule has 0 bridgehead atoms. The molecule has 5 rings (SSSR count). The number of nitrogens with zero attached hydrogens (tertiary/aromatic N) is 6. The van der Waals surface area contributed by atoms with Crippen molar-refractivity contribution in [1.82, 2.24) is 14.9 Å². The van der Waals surface area contributed by atoms with E-state index < -0.39 is 0 Å². The summed E-state index contributed by atoms with van der Waals surface area (Å²) in [5, 5.41) is 4.13. The summed E-state index contributed by atoms with van der Waals surface area (Å²) in [4.78, 5) is 30.4. The Balaban J connectivity index is 1.41. The van der Waals surface area contributed by atoms with Crippen LogP contribution in [-0.4, -0.2) is 74.9 Å². The molecular formula is C26H29Cl2N7O2. The van der Waals surface area contributed by atoms with Gasteiger partial charge in [-0.15, -0.1) is 0 Å². The lowest BCUT2D eigenvalue weighted by molar-refractivity contribution is 0.0982. The number of hydrogen-bond donors (Lipinski definition) is 1. The van der Waals surface area contributed by atoms with Gasteiger partial charge in [0.2, 0.25) is 5.95 Å². The Labute approximate surface area is 226 Å². The lowest BCUT2D eigenvalue weighted by Gasteiger charge is -2.35. The largest absolute Gasteiger partial charge is 0.378 e. The number of anilines is 5. The number of carbonyl (C=O) groups is 1. The van der Waals surface area contributed by atoms with Gasteiger partial charge in [0.05, 0.1) is 35.6 Å². The first-order valence-corrected chi connectivity index (χ1v) is 12.8. The minimum absolute atomic E-state index is 0.252. The minimum atomic E-state index is -0.252. The second-order valence-electron chi connectivity index (χ2n) is 9.38. The van der Waals surface area contributed by atoms with E-state index in [0.29, 0.717) is 33.1 Å². The summed E-state index contributed by atoms with van der Waals surface area (Å²) < 4.78 is 5.52. The first-order valence-electron chi connectivity index (χ1n) is 12.0. The van der Waals surface area contributed by atoms with E-state index in [1.165, 1.54) is 11.3 Å². The minimum Gasteiger partial charge on any atom is -0.378 e. The number of nitrogens with one attached hydrogen (secondary N) is 1. The van der Waals surface area contributed by atoms with Gasteiger partial charge < -0.3 is 24.8 Å². The quantitative estimate of drug-likeness (QED) is 0.489. The summed E-state index contributed by atoms with van der Waals surface area (Å²) in [6, 6.07) is 11.5. The number of benzene rings is 2. The molecule has 1 saturated heterocycles. The highest BCUT2D eigenvalue weighted by molar-refractivity contribution is 6.40. The summed E-state index contributed by atoms with van der Waals surface area (Å²) in [5.41, 5.74) is 4.14. The molecule has 1 N–H and O–H groups in total. The van der Waals surface area contributed by atoms with Gasteiger partial charge in [-0.25, -0.2) is 4.98 Å². The van der Waals surface area contributed by atoms with Crippen molar-refractivity contribution in [1.29, 1.82) is 0 Å². The highest BCUT2D eigenvalue weighted by Gasteiger charge is 2.32. The van der Waals surface area contributed by atoms with Crippen molar-refractivity contribution in [3.63, 3.8) is 0 Å². The number of rotatable bonds is 6. The van der Waals surface area contributed by atoms with Crippen molar-refractivity contribution >= 4 is 57.9 Å². The molecule has 3 aromatic rings. The first kappa shape index (κ1) is 25.5. The van der Waals surface area contributed by atoms with Gasteiger partial charge in [-0.3, -0.25) is 9.69 Å². The normalized spacial score (nSPS) is 15.8. The van der Waals surface area contributed by atoms with Crippen LogP contribution in [0.25, 0.3) is 0 Å². The Hall–Kier alpha value is -3.11. The van der Waals surface area contributed by atoms with Crippen LogP contribution in [0.4, 0.5) is 28.8 Å². The topological polar surface area (TPSA) is 77.1 Å². The maximum absolute atomic E-state index is 13.3.